The molecule has 4 aromatic rings. The molecule has 31 heavy (non-hydrogen) atoms. The molecule has 2 N–H and O–H groups in total. The molecule has 0 saturated carbocycles. The second-order valence-corrected chi connectivity index (χ2v) is 8.79. The highest BCUT2D eigenvalue weighted by Crippen LogP contribution is 2.33. The van der Waals surface area contributed by atoms with Gasteiger partial charge in [0, 0.05) is 9.79 Å². The van der Waals surface area contributed by atoms with Gasteiger partial charge in [0.05, 0.1) is 17.4 Å². The summed E-state index contributed by atoms with van der Waals surface area (Å²) >= 11 is 2.48. The number of hydrogen-bond acceptors (Lipinski definition) is 6. The van der Waals surface area contributed by atoms with Crippen LogP contribution in [0.4, 0.5) is 5.69 Å². The molecule has 4 rings (SSSR count). The Labute approximate surface area is 185 Å². The summed E-state index contributed by atoms with van der Waals surface area (Å²) in [5.74, 6) is -1.48. The molecule has 2 aromatic carbocycles. The third-order valence-electron chi connectivity index (χ3n) is 4.56. The van der Waals surface area contributed by atoms with Crippen molar-refractivity contribution < 1.29 is 14.7 Å². The summed E-state index contributed by atoms with van der Waals surface area (Å²) in [6.45, 7) is 1.34. The van der Waals surface area contributed by atoms with Crippen molar-refractivity contribution in [2.75, 3.05) is 5.32 Å². The number of aryl methyl sites for hydroxylation is 1. The van der Waals surface area contributed by atoms with Crippen LogP contribution in [0.1, 0.15) is 15.2 Å². The van der Waals surface area contributed by atoms with Crippen molar-refractivity contribution in [3.63, 3.8) is 0 Å². The van der Waals surface area contributed by atoms with Gasteiger partial charge in [0.25, 0.3) is 5.56 Å². The van der Waals surface area contributed by atoms with E-state index >= 15 is 0 Å². The number of carbonyl (C=O) groups is 2. The maximum atomic E-state index is 12.8. The number of thiophene rings is 1. The third-order valence-corrected chi connectivity index (χ3v) is 6.83. The molecule has 0 aliphatic carbocycles. The van der Waals surface area contributed by atoms with Gasteiger partial charge in [-0.25, -0.2) is 9.78 Å². The average molecular weight is 452 g/mol. The predicted molar refractivity (Wildman–Crippen MR) is 121 cm³/mol. The lowest BCUT2D eigenvalue weighted by molar-refractivity contribution is -0.116. The van der Waals surface area contributed by atoms with Crippen LogP contribution >= 0.6 is 23.1 Å². The fourth-order valence-electron chi connectivity index (χ4n) is 3.09. The number of carboxylic acids is 1. The molecule has 2 heterocycles. The topological polar surface area (TPSA) is 101 Å². The molecular formula is C22H17N3O4S2. The minimum absolute atomic E-state index is 0.0775. The van der Waals surface area contributed by atoms with Crippen molar-refractivity contribution in [3.8, 4) is 0 Å². The molecule has 0 aliphatic rings. The quantitative estimate of drug-likeness (QED) is 0.454. The smallest absolute Gasteiger partial charge is 0.346 e. The van der Waals surface area contributed by atoms with Crippen LogP contribution in [0.25, 0.3) is 10.2 Å². The maximum Gasteiger partial charge on any atom is 0.346 e. The number of anilines is 1. The zero-order valence-electron chi connectivity index (χ0n) is 16.4. The highest BCUT2D eigenvalue weighted by Gasteiger charge is 2.19. The van der Waals surface area contributed by atoms with E-state index in [0.29, 0.717) is 16.1 Å². The number of aromatic carboxylic acids is 1. The van der Waals surface area contributed by atoms with E-state index in [2.05, 4.69) is 10.3 Å². The van der Waals surface area contributed by atoms with Crippen LogP contribution in [0.5, 0.6) is 0 Å². The zero-order chi connectivity index (χ0) is 22.0. The highest BCUT2D eigenvalue weighted by molar-refractivity contribution is 7.99. The van der Waals surface area contributed by atoms with E-state index in [1.54, 1.807) is 13.0 Å². The highest BCUT2D eigenvalue weighted by atomic mass is 32.2. The van der Waals surface area contributed by atoms with Crippen molar-refractivity contribution >= 4 is 50.9 Å². The van der Waals surface area contributed by atoms with Crippen molar-refractivity contribution in [1.29, 1.82) is 0 Å². The first-order valence-electron chi connectivity index (χ1n) is 9.27. The van der Waals surface area contributed by atoms with Gasteiger partial charge in [-0.3, -0.25) is 14.2 Å². The summed E-state index contributed by atoms with van der Waals surface area (Å²) < 4.78 is 1.19. The number of hydrogen-bond donors (Lipinski definition) is 2. The summed E-state index contributed by atoms with van der Waals surface area (Å²) in [4.78, 5) is 43.4. The minimum Gasteiger partial charge on any atom is -0.477 e. The summed E-state index contributed by atoms with van der Waals surface area (Å²) in [6, 6.07) is 17.2. The van der Waals surface area contributed by atoms with E-state index in [1.807, 2.05) is 48.5 Å². The summed E-state index contributed by atoms with van der Waals surface area (Å²) in [7, 11) is 0. The molecular weight excluding hydrogens is 434 g/mol. The third kappa shape index (κ3) is 4.37. The molecule has 156 valence electrons. The Bertz CT molecular complexity index is 1350. The first-order chi connectivity index (χ1) is 14.9. The number of nitrogens with zero attached hydrogens (tertiary/aromatic N) is 2. The number of carbonyl (C=O) groups excluding carboxylic acids is 1. The van der Waals surface area contributed by atoms with Gasteiger partial charge in [-0.05, 0) is 36.8 Å². The Balaban J connectivity index is 1.57. The Morgan fingerprint density at radius 1 is 1.13 bits per heavy atom. The van der Waals surface area contributed by atoms with Gasteiger partial charge in [0.15, 0.2) is 0 Å². The van der Waals surface area contributed by atoms with Gasteiger partial charge >= 0.3 is 5.97 Å². The van der Waals surface area contributed by atoms with E-state index < -0.39 is 11.5 Å². The zero-order valence-corrected chi connectivity index (χ0v) is 18.0. The number of nitrogens with one attached hydrogen (secondary N) is 1. The van der Waals surface area contributed by atoms with Gasteiger partial charge in [0.2, 0.25) is 5.91 Å². The van der Waals surface area contributed by atoms with E-state index in [1.165, 1.54) is 22.7 Å². The van der Waals surface area contributed by atoms with Gasteiger partial charge in [-0.1, -0.05) is 42.1 Å². The Morgan fingerprint density at radius 2 is 1.84 bits per heavy atom. The fraction of sp³-hybridized carbons (Fsp3) is 0.0909. The van der Waals surface area contributed by atoms with Crippen molar-refractivity contribution in [1.82, 2.24) is 9.55 Å². The van der Waals surface area contributed by atoms with Crippen molar-refractivity contribution in [3.05, 3.63) is 81.7 Å². The fourth-order valence-corrected chi connectivity index (χ4v) is 5.00. The molecule has 0 aliphatic heterocycles. The number of benzene rings is 2. The van der Waals surface area contributed by atoms with E-state index in [-0.39, 0.29) is 22.7 Å². The molecule has 0 fully saturated rings. The van der Waals surface area contributed by atoms with E-state index in [9.17, 15) is 19.5 Å². The monoisotopic (exact) mass is 451 g/mol. The molecule has 0 bridgehead atoms. The Hall–Kier alpha value is -3.43. The van der Waals surface area contributed by atoms with Crippen LogP contribution in [0.2, 0.25) is 0 Å². The lowest BCUT2D eigenvalue weighted by Crippen LogP contribution is -2.28. The van der Waals surface area contributed by atoms with Crippen LogP contribution in [0.15, 0.2) is 75.5 Å². The molecule has 2 aromatic heterocycles. The van der Waals surface area contributed by atoms with Crippen LogP contribution in [-0.2, 0) is 11.3 Å². The lowest BCUT2D eigenvalue weighted by atomic mass is 10.2. The predicted octanol–water partition coefficient (Wildman–Crippen LogP) is 4.25. The number of carboxylic acid groups (broad SMARTS) is 1. The lowest BCUT2D eigenvalue weighted by Gasteiger charge is -2.11. The second-order valence-electron chi connectivity index (χ2n) is 6.68. The first kappa shape index (κ1) is 20.8. The minimum atomic E-state index is -1.10. The number of amides is 1. The molecule has 7 nitrogen and oxygen atoms in total. The van der Waals surface area contributed by atoms with Gasteiger partial charge in [-0.2, -0.15) is 0 Å². The molecule has 0 unspecified atom stereocenters. The molecule has 0 radical (unpaired) electrons. The average Bonchev–Trinajstić information content (AvgIpc) is 3.10. The SMILES string of the molecule is Cc1c(C(=O)O)sc2ncn(CC(=O)Nc3ccccc3Sc3ccccc3)c(=O)c12. The van der Waals surface area contributed by atoms with E-state index in [4.69, 9.17) is 0 Å². The molecule has 9 heteroatoms. The number of aromatic nitrogens is 2. The number of para-hydroxylation sites is 1. The van der Waals surface area contributed by atoms with Crippen LogP contribution in [0.3, 0.4) is 0 Å². The first-order valence-corrected chi connectivity index (χ1v) is 10.9. The normalized spacial score (nSPS) is 10.9. The number of rotatable bonds is 6. The maximum absolute atomic E-state index is 12.8. The molecule has 0 spiro atoms. The van der Waals surface area contributed by atoms with Gasteiger partial charge < -0.3 is 10.4 Å². The molecule has 0 atom stereocenters. The summed E-state index contributed by atoms with van der Waals surface area (Å²) in [5, 5.41) is 12.4. The van der Waals surface area contributed by atoms with Crippen molar-refractivity contribution in [2.24, 2.45) is 0 Å². The molecule has 1 amide bonds. The van der Waals surface area contributed by atoms with Crippen LogP contribution < -0.4 is 10.9 Å². The molecule has 0 saturated heterocycles. The standard InChI is InChI=1S/C22H17N3O4S2/c1-13-18-20(31-19(13)22(28)29)23-12-25(21(18)27)11-17(26)24-15-9-5-6-10-16(15)30-14-7-3-2-4-8-14/h2-10,12H,11H2,1H3,(H,24,26)(H,28,29). The summed E-state index contributed by atoms with van der Waals surface area (Å²) in [6.07, 6.45) is 1.27. The second kappa shape index (κ2) is 8.75. The van der Waals surface area contributed by atoms with Crippen molar-refractivity contribution in [2.45, 2.75) is 23.3 Å². The Morgan fingerprint density at radius 3 is 2.58 bits per heavy atom. The van der Waals surface area contributed by atoms with Gasteiger partial charge in [-0.15, -0.1) is 11.3 Å². The van der Waals surface area contributed by atoms with Crippen LogP contribution in [-0.4, -0.2) is 26.5 Å². The van der Waals surface area contributed by atoms with Crippen LogP contribution in [0, 0.1) is 6.92 Å². The van der Waals surface area contributed by atoms with E-state index in [0.717, 1.165) is 21.1 Å². The number of fused-ring (bicyclic) bond motifs is 1. The summed E-state index contributed by atoms with van der Waals surface area (Å²) in [5.41, 5.74) is 0.570. The largest absolute Gasteiger partial charge is 0.477 e. The Kier molecular flexibility index (Phi) is 5.88. The van der Waals surface area contributed by atoms with Gasteiger partial charge in [0.1, 0.15) is 16.3 Å².